The first-order chi connectivity index (χ1) is 12.6. The van der Waals surface area contributed by atoms with Gasteiger partial charge in [0.05, 0.1) is 18.2 Å². The van der Waals surface area contributed by atoms with Crippen LogP contribution in [0.2, 0.25) is 0 Å². The molecule has 6 nitrogen and oxygen atoms in total. The number of nitrogens with two attached hydrogens (primary N) is 1. The van der Waals surface area contributed by atoms with E-state index < -0.39 is 11.9 Å². The topological polar surface area (TPSA) is 94.3 Å². The van der Waals surface area contributed by atoms with Gasteiger partial charge in [0.25, 0.3) is 5.91 Å². The van der Waals surface area contributed by atoms with Crippen molar-refractivity contribution in [1.29, 1.82) is 0 Å². The molecule has 2 aromatic carbocycles. The number of hydrogen-bond acceptors (Lipinski definition) is 4. The SMILES string of the molecule is COc1cccc(C[C@@H](NC(=O)c2cccc3cccnc23)C(N)=O)c1. The van der Waals surface area contributed by atoms with Crippen molar-refractivity contribution in [2.24, 2.45) is 5.73 Å². The molecule has 0 saturated heterocycles. The molecule has 0 saturated carbocycles. The van der Waals surface area contributed by atoms with Crippen LogP contribution in [0.3, 0.4) is 0 Å². The number of carbonyl (C=O) groups is 2. The average molecular weight is 349 g/mol. The number of amides is 2. The number of benzene rings is 2. The summed E-state index contributed by atoms with van der Waals surface area (Å²) in [7, 11) is 1.57. The van der Waals surface area contributed by atoms with Crippen LogP contribution >= 0.6 is 0 Å². The zero-order valence-electron chi connectivity index (χ0n) is 14.3. The Morgan fingerprint density at radius 2 is 1.92 bits per heavy atom. The number of fused-ring (bicyclic) bond motifs is 1. The highest BCUT2D eigenvalue weighted by Gasteiger charge is 2.21. The van der Waals surface area contributed by atoms with Crippen LogP contribution in [0.1, 0.15) is 15.9 Å². The van der Waals surface area contributed by atoms with E-state index in [0.29, 0.717) is 16.8 Å². The summed E-state index contributed by atoms with van der Waals surface area (Å²) in [5, 5.41) is 3.57. The van der Waals surface area contributed by atoms with Crippen molar-refractivity contribution in [2.75, 3.05) is 7.11 Å². The fourth-order valence-electron chi connectivity index (χ4n) is 2.78. The lowest BCUT2D eigenvalue weighted by Gasteiger charge is -2.16. The van der Waals surface area contributed by atoms with Gasteiger partial charge in [-0.2, -0.15) is 0 Å². The van der Waals surface area contributed by atoms with E-state index in [1.807, 2.05) is 36.4 Å². The monoisotopic (exact) mass is 349 g/mol. The standard InChI is InChI=1S/C20H19N3O3/c1-26-15-8-2-5-13(11-15)12-17(19(21)24)23-20(25)16-9-3-6-14-7-4-10-22-18(14)16/h2-11,17H,12H2,1H3,(H2,21,24)(H,23,25)/t17-/m1/s1. The maximum Gasteiger partial charge on any atom is 0.254 e. The third kappa shape index (κ3) is 3.80. The van der Waals surface area contributed by atoms with E-state index in [1.54, 1.807) is 31.5 Å². The summed E-state index contributed by atoms with van der Waals surface area (Å²) in [6.45, 7) is 0. The summed E-state index contributed by atoms with van der Waals surface area (Å²) >= 11 is 0. The fraction of sp³-hybridized carbons (Fsp3) is 0.150. The van der Waals surface area contributed by atoms with Crippen LogP contribution in [0, 0.1) is 0 Å². The first-order valence-electron chi connectivity index (χ1n) is 8.15. The minimum Gasteiger partial charge on any atom is -0.497 e. The third-order valence-corrected chi connectivity index (χ3v) is 4.10. The van der Waals surface area contributed by atoms with Crippen molar-refractivity contribution < 1.29 is 14.3 Å². The zero-order chi connectivity index (χ0) is 18.5. The Morgan fingerprint density at radius 1 is 1.15 bits per heavy atom. The number of carbonyl (C=O) groups excluding carboxylic acids is 2. The normalized spacial score (nSPS) is 11.7. The van der Waals surface area contributed by atoms with Crippen molar-refractivity contribution >= 4 is 22.7 Å². The largest absolute Gasteiger partial charge is 0.497 e. The van der Waals surface area contributed by atoms with Gasteiger partial charge in [0.1, 0.15) is 11.8 Å². The van der Waals surface area contributed by atoms with Crippen molar-refractivity contribution in [2.45, 2.75) is 12.5 Å². The molecule has 3 aromatic rings. The number of para-hydroxylation sites is 1. The molecule has 3 N–H and O–H groups in total. The maximum absolute atomic E-state index is 12.7. The van der Waals surface area contributed by atoms with E-state index in [1.165, 1.54) is 0 Å². The lowest BCUT2D eigenvalue weighted by atomic mass is 10.0. The Bertz CT molecular complexity index is 950. The van der Waals surface area contributed by atoms with Gasteiger partial charge in [0, 0.05) is 18.0 Å². The molecule has 2 amide bonds. The first-order valence-corrected chi connectivity index (χ1v) is 8.15. The molecule has 0 spiro atoms. The summed E-state index contributed by atoms with van der Waals surface area (Å²) in [6, 6.07) is 15.5. The number of primary amides is 1. The fourth-order valence-corrected chi connectivity index (χ4v) is 2.78. The highest BCUT2D eigenvalue weighted by molar-refractivity contribution is 6.06. The highest BCUT2D eigenvalue weighted by atomic mass is 16.5. The van der Waals surface area contributed by atoms with E-state index in [0.717, 1.165) is 10.9 Å². The van der Waals surface area contributed by atoms with Crippen LogP contribution in [0.15, 0.2) is 60.8 Å². The number of pyridine rings is 1. The Balaban J connectivity index is 1.83. The summed E-state index contributed by atoms with van der Waals surface area (Å²) in [6.07, 6.45) is 1.90. The number of rotatable bonds is 6. The van der Waals surface area contributed by atoms with Crippen LogP contribution in [0.25, 0.3) is 10.9 Å². The molecule has 0 unspecified atom stereocenters. The third-order valence-electron chi connectivity index (χ3n) is 4.10. The lowest BCUT2D eigenvalue weighted by Crippen LogP contribution is -2.45. The zero-order valence-corrected chi connectivity index (χ0v) is 14.3. The number of nitrogens with zero attached hydrogens (tertiary/aromatic N) is 1. The molecular formula is C20H19N3O3. The lowest BCUT2D eigenvalue weighted by molar-refractivity contribution is -0.119. The molecule has 0 aliphatic carbocycles. The molecule has 1 aromatic heterocycles. The minimum atomic E-state index is -0.839. The molecule has 1 heterocycles. The van der Waals surface area contributed by atoms with Crippen LogP contribution < -0.4 is 15.8 Å². The molecule has 132 valence electrons. The predicted octanol–water partition coefficient (Wildman–Crippen LogP) is 2.07. The predicted molar refractivity (Wildman–Crippen MR) is 98.9 cm³/mol. The van der Waals surface area contributed by atoms with E-state index in [2.05, 4.69) is 10.3 Å². The summed E-state index contributed by atoms with van der Waals surface area (Å²) in [5.41, 5.74) is 7.31. The van der Waals surface area contributed by atoms with Crippen molar-refractivity contribution in [3.05, 3.63) is 71.9 Å². The Kier molecular flexibility index (Phi) is 5.12. The second-order valence-corrected chi connectivity index (χ2v) is 5.86. The summed E-state index contributed by atoms with van der Waals surface area (Å²) < 4.78 is 5.18. The van der Waals surface area contributed by atoms with Gasteiger partial charge in [0.15, 0.2) is 0 Å². The number of nitrogens with one attached hydrogen (secondary N) is 1. The number of aromatic nitrogens is 1. The van der Waals surface area contributed by atoms with Gasteiger partial charge in [-0.25, -0.2) is 0 Å². The van der Waals surface area contributed by atoms with Gasteiger partial charge in [-0.1, -0.05) is 30.3 Å². The van der Waals surface area contributed by atoms with Crippen LogP contribution in [-0.4, -0.2) is 29.9 Å². The Labute approximate surface area is 151 Å². The second-order valence-electron chi connectivity index (χ2n) is 5.86. The van der Waals surface area contributed by atoms with Gasteiger partial charge in [-0.05, 0) is 29.8 Å². The van der Waals surface area contributed by atoms with E-state index in [-0.39, 0.29) is 12.3 Å². The molecule has 3 rings (SSSR count). The molecule has 1 atom stereocenters. The minimum absolute atomic E-state index is 0.274. The number of methoxy groups -OCH3 is 1. The molecule has 0 bridgehead atoms. The van der Waals surface area contributed by atoms with Gasteiger partial charge in [-0.3, -0.25) is 14.6 Å². The molecule has 26 heavy (non-hydrogen) atoms. The van der Waals surface area contributed by atoms with E-state index in [9.17, 15) is 9.59 Å². The number of ether oxygens (including phenoxy) is 1. The smallest absolute Gasteiger partial charge is 0.254 e. The quantitative estimate of drug-likeness (QED) is 0.712. The first kappa shape index (κ1) is 17.4. The van der Waals surface area contributed by atoms with Gasteiger partial charge in [0.2, 0.25) is 5.91 Å². The van der Waals surface area contributed by atoms with Gasteiger partial charge >= 0.3 is 0 Å². The van der Waals surface area contributed by atoms with E-state index >= 15 is 0 Å². The van der Waals surface area contributed by atoms with Crippen LogP contribution in [0.4, 0.5) is 0 Å². The second kappa shape index (κ2) is 7.65. The summed E-state index contributed by atoms with van der Waals surface area (Å²) in [5.74, 6) is -0.314. The van der Waals surface area contributed by atoms with Crippen LogP contribution in [-0.2, 0) is 11.2 Å². The van der Waals surface area contributed by atoms with Crippen LogP contribution in [0.5, 0.6) is 5.75 Å². The van der Waals surface area contributed by atoms with Gasteiger partial charge < -0.3 is 15.8 Å². The average Bonchev–Trinajstić information content (AvgIpc) is 2.67. The maximum atomic E-state index is 12.7. The van der Waals surface area contributed by atoms with Gasteiger partial charge in [-0.15, -0.1) is 0 Å². The molecule has 0 aliphatic rings. The highest BCUT2D eigenvalue weighted by Crippen LogP contribution is 2.17. The Morgan fingerprint density at radius 3 is 2.69 bits per heavy atom. The molecular weight excluding hydrogens is 330 g/mol. The molecule has 0 radical (unpaired) electrons. The van der Waals surface area contributed by atoms with Crippen molar-refractivity contribution in [1.82, 2.24) is 10.3 Å². The van der Waals surface area contributed by atoms with Crippen molar-refractivity contribution in [3.63, 3.8) is 0 Å². The Hall–Kier alpha value is -3.41. The molecule has 6 heteroatoms. The summed E-state index contributed by atoms with van der Waals surface area (Å²) in [4.78, 5) is 28.8. The van der Waals surface area contributed by atoms with Crippen molar-refractivity contribution in [3.8, 4) is 5.75 Å². The number of hydrogen-bond donors (Lipinski definition) is 2. The molecule has 0 fully saturated rings. The molecule has 0 aliphatic heterocycles. The van der Waals surface area contributed by atoms with E-state index in [4.69, 9.17) is 10.5 Å².